The Morgan fingerprint density at radius 1 is 1.65 bits per heavy atom. The summed E-state index contributed by atoms with van der Waals surface area (Å²) in [5.74, 6) is -0.729. The van der Waals surface area contributed by atoms with E-state index in [-0.39, 0.29) is 0 Å². The van der Waals surface area contributed by atoms with Gasteiger partial charge < -0.3 is 5.11 Å². The van der Waals surface area contributed by atoms with E-state index in [2.05, 4.69) is 17.2 Å². The van der Waals surface area contributed by atoms with E-state index in [9.17, 15) is 9.90 Å². The summed E-state index contributed by atoms with van der Waals surface area (Å²) in [7, 11) is 0. The molecule has 0 aliphatic heterocycles. The van der Waals surface area contributed by atoms with Crippen LogP contribution in [0.5, 0.6) is 0 Å². The Morgan fingerprint density at radius 3 is 2.94 bits per heavy atom. The summed E-state index contributed by atoms with van der Waals surface area (Å²) < 4.78 is 0. The number of carboxylic acids is 1. The zero-order valence-corrected chi connectivity index (χ0v) is 10.8. The van der Waals surface area contributed by atoms with Crippen LogP contribution in [-0.4, -0.2) is 21.6 Å². The van der Waals surface area contributed by atoms with Gasteiger partial charge in [0.25, 0.3) is 0 Å². The van der Waals surface area contributed by atoms with Gasteiger partial charge in [-0.2, -0.15) is 0 Å². The van der Waals surface area contributed by atoms with Crippen LogP contribution in [0.15, 0.2) is 5.38 Å². The Morgan fingerprint density at radius 2 is 2.41 bits per heavy atom. The van der Waals surface area contributed by atoms with Gasteiger partial charge in [-0.05, 0) is 32.1 Å². The molecular weight excluding hydrogens is 236 g/mol. The van der Waals surface area contributed by atoms with Gasteiger partial charge >= 0.3 is 5.97 Å². The van der Waals surface area contributed by atoms with E-state index >= 15 is 0 Å². The van der Waals surface area contributed by atoms with Crippen LogP contribution in [0.4, 0.5) is 0 Å². The van der Waals surface area contributed by atoms with Crippen LogP contribution >= 0.6 is 11.3 Å². The largest absolute Gasteiger partial charge is 0.480 e. The molecule has 94 valence electrons. The van der Waals surface area contributed by atoms with E-state index in [1.165, 1.54) is 0 Å². The number of aromatic nitrogens is 1. The molecule has 1 aromatic heterocycles. The van der Waals surface area contributed by atoms with Gasteiger partial charge in [-0.25, -0.2) is 4.98 Å². The fourth-order valence-corrected chi connectivity index (χ4v) is 2.92. The molecule has 1 saturated carbocycles. The Bertz CT molecular complexity index is 399. The lowest BCUT2D eigenvalue weighted by atomic mass is 9.77. The standard InChI is InChI=1S/C12H18N2O2S/c1-2-4-10-14-9(8-17-10)7-13-12(11(15)16)5-3-6-12/h8,13H,2-7H2,1H3,(H,15,16). The van der Waals surface area contributed by atoms with Gasteiger partial charge in [-0.3, -0.25) is 10.1 Å². The molecule has 0 saturated heterocycles. The smallest absolute Gasteiger partial charge is 0.323 e. The van der Waals surface area contributed by atoms with Gasteiger partial charge in [0.15, 0.2) is 0 Å². The fourth-order valence-electron chi connectivity index (χ4n) is 2.02. The zero-order chi connectivity index (χ0) is 12.3. The predicted octanol–water partition coefficient (Wildman–Crippen LogP) is 2.19. The molecule has 5 heteroatoms. The molecule has 1 heterocycles. The molecule has 2 N–H and O–H groups in total. The lowest BCUT2D eigenvalue weighted by Crippen LogP contribution is -2.56. The van der Waals surface area contributed by atoms with Crippen molar-refractivity contribution in [1.82, 2.24) is 10.3 Å². The average Bonchev–Trinajstić information content (AvgIpc) is 2.64. The second kappa shape index (κ2) is 5.14. The fraction of sp³-hybridized carbons (Fsp3) is 0.667. The van der Waals surface area contributed by atoms with Crippen LogP contribution < -0.4 is 5.32 Å². The molecule has 0 amide bonds. The normalized spacial score (nSPS) is 17.7. The van der Waals surface area contributed by atoms with Crippen molar-refractivity contribution in [1.29, 1.82) is 0 Å². The van der Waals surface area contributed by atoms with Crippen LogP contribution in [0.25, 0.3) is 0 Å². The minimum absolute atomic E-state index is 0.562. The molecule has 0 unspecified atom stereocenters. The zero-order valence-electron chi connectivity index (χ0n) is 10.0. The SMILES string of the molecule is CCCc1nc(CNC2(C(=O)O)CCC2)cs1. The van der Waals surface area contributed by atoms with Crippen molar-refractivity contribution in [2.24, 2.45) is 0 Å². The highest BCUT2D eigenvalue weighted by Crippen LogP contribution is 2.32. The van der Waals surface area contributed by atoms with Crippen molar-refractivity contribution in [2.75, 3.05) is 0 Å². The second-order valence-electron chi connectivity index (χ2n) is 4.58. The van der Waals surface area contributed by atoms with Crippen LogP contribution in [0.2, 0.25) is 0 Å². The van der Waals surface area contributed by atoms with Crippen molar-refractivity contribution < 1.29 is 9.90 Å². The summed E-state index contributed by atoms with van der Waals surface area (Å²) in [5, 5.41) is 15.5. The quantitative estimate of drug-likeness (QED) is 0.817. The minimum Gasteiger partial charge on any atom is -0.480 e. The van der Waals surface area contributed by atoms with Gasteiger partial charge in [-0.1, -0.05) is 6.92 Å². The lowest BCUT2D eigenvalue weighted by Gasteiger charge is -2.38. The number of aryl methyl sites for hydroxylation is 1. The average molecular weight is 254 g/mol. The van der Waals surface area contributed by atoms with Crippen LogP contribution in [-0.2, 0) is 17.8 Å². The molecule has 0 bridgehead atoms. The first kappa shape index (κ1) is 12.5. The first-order chi connectivity index (χ1) is 8.16. The first-order valence-corrected chi connectivity index (χ1v) is 6.96. The van der Waals surface area contributed by atoms with Gasteiger partial charge in [0, 0.05) is 11.9 Å². The second-order valence-corrected chi connectivity index (χ2v) is 5.52. The third-order valence-electron chi connectivity index (χ3n) is 3.29. The van der Waals surface area contributed by atoms with Gasteiger partial charge in [-0.15, -0.1) is 11.3 Å². The summed E-state index contributed by atoms with van der Waals surface area (Å²) in [6, 6.07) is 0. The van der Waals surface area contributed by atoms with E-state index in [1.807, 2.05) is 5.38 Å². The van der Waals surface area contributed by atoms with Crippen molar-refractivity contribution in [3.05, 3.63) is 16.1 Å². The van der Waals surface area contributed by atoms with Crippen LogP contribution in [0.3, 0.4) is 0 Å². The molecule has 4 nitrogen and oxygen atoms in total. The minimum atomic E-state index is -0.729. The van der Waals surface area contributed by atoms with E-state index in [0.29, 0.717) is 6.54 Å². The molecule has 0 spiro atoms. The Hall–Kier alpha value is -0.940. The summed E-state index contributed by atoms with van der Waals surface area (Å²) in [6.45, 7) is 2.69. The molecule has 0 aromatic carbocycles. The van der Waals surface area contributed by atoms with Gasteiger partial charge in [0.1, 0.15) is 5.54 Å². The highest BCUT2D eigenvalue weighted by Gasteiger charge is 2.43. The van der Waals surface area contributed by atoms with Crippen molar-refractivity contribution in [3.8, 4) is 0 Å². The summed E-state index contributed by atoms with van der Waals surface area (Å²) in [6.07, 6.45) is 4.56. The Kier molecular flexibility index (Phi) is 3.79. The maximum absolute atomic E-state index is 11.2. The third kappa shape index (κ3) is 2.66. The Balaban J connectivity index is 1.90. The molecule has 1 aromatic rings. The highest BCUT2D eigenvalue weighted by molar-refractivity contribution is 7.09. The number of thiazole rings is 1. The molecule has 1 aliphatic rings. The predicted molar refractivity (Wildman–Crippen MR) is 67.2 cm³/mol. The lowest BCUT2D eigenvalue weighted by molar-refractivity contribution is -0.148. The van der Waals surface area contributed by atoms with E-state index in [0.717, 1.165) is 42.8 Å². The molecular formula is C12H18N2O2S. The summed E-state index contributed by atoms with van der Waals surface area (Å²) in [4.78, 5) is 15.6. The number of hydrogen-bond donors (Lipinski definition) is 2. The summed E-state index contributed by atoms with van der Waals surface area (Å²) >= 11 is 1.66. The molecule has 0 radical (unpaired) electrons. The molecule has 2 rings (SSSR count). The van der Waals surface area contributed by atoms with Crippen molar-refractivity contribution >= 4 is 17.3 Å². The maximum atomic E-state index is 11.2. The number of aliphatic carboxylic acids is 1. The Labute approximate surface area is 105 Å². The monoisotopic (exact) mass is 254 g/mol. The van der Waals surface area contributed by atoms with Crippen LogP contribution in [0, 0.1) is 0 Å². The van der Waals surface area contributed by atoms with Crippen molar-refractivity contribution in [3.63, 3.8) is 0 Å². The molecule has 0 atom stereocenters. The van der Waals surface area contributed by atoms with Crippen molar-refractivity contribution in [2.45, 2.75) is 51.1 Å². The molecule has 1 aliphatic carbocycles. The number of nitrogens with zero attached hydrogens (tertiary/aromatic N) is 1. The van der Waals surface area contributed by atoms with E-state index < -0.39 is 11.5 Å². The summed E-state index contributed by atoms with van der Waals surface area (Å²) in [5.41, 5.74) is 0.278. The number of hydrogen-bond acceptors (Lipinski definition) is 4. The molecule has 17 heavy (non-hydrogen) atoms. The highest BCUT2D eigenvalue weighted by atomic mass is 32.1. The first-order valence-electron chi connectivity index (χ1n) is 6.08. The number of nitrogens with one attached hydrogen (secondary N) is 1. The topological polar surface area (TPSA) is 62.2 Å². The number of carboxylic acid groups (broad SMARTS) is 1. The number of carbonyl (C=O) groups is 1. The third-order valence-corrected chi connectivity index (χ3v) is 4.24. The van der Waals surface area contributed by atoms with E-state index in [1.54, 1.807) is 11.3 Å². The van der Waals surface area contributed by atoms with Crippen LogP contribution in [0.1, 0.15) is 43.3 Å². The number of rotatable bonds is 6. The van der Waals surface area contributed by atoms with Gasteiger partial charge in [0.2, 0.25) is 0 Å². The van der Waals surface area contributed by atoms with Gasteiger partial charge in [0.05, 0.1) is 10.7 Å². The molecule has 1 fully saturated rings. The van der Waals surface area contributed by atoms with E-state index in [4.69, 9.17) is 0 Å². The maximum Gasteiger partial charge on any atom is 0.323 e.